The summed E-state index contributed by atoms with van der Waals surface area (Å²) in [6.45, 7) is 9.09. The normalized spacial score (nSPS) is 12.5. The molecule has 4 nitrogen and oxygen atoms in total. The monoisotopic (exact) mass is 831 g/mol. The van der Waals surface area contributed by atoms with Crippen molar-refractivity contribution in [2.24, 2.45) is 0 Å². The number of hydrogen-bond donors (Lipinski definition) is 1. The predicted octanol–water partition coefficient (Wildman–Crippen LogP) is 18.1. The predicted molar refractivity (Wildman–Crippen MR) is 256 cm³/mol. The van der Waals surface area contributed by atoms with E-state index in [9.17, 15) is 9.46 Å². The van der Waals surface area contributed by atoms with E-state index in [1.165, 1.54) is 183 Å². The van der Waals surface area contributed by atoms with Gasteiger partial charge in [0.05, 0.1) is 0 Å². The minimum absolute atomic E-state index is 0.352. The number of hydrogen-bond acceptors (Lipinski definition) is 3. The lowest BCUT2D eigenvalue weighted by molar-refractivity contribution is 0.291. The molecule has 0 bridgehead atoms. The van der Waals surface area contributed by atoms with Crippen LogP contribution in [-0.4, -0.2) is 4.89 Å². The van der Waals surface area contributed by atoms with Crippen molar-refractivity contribution in [3.05, 3.63) is 82.9 Å². The summed E-state index contributed by atoms with van der Waals surface area (Å²) < 4.78 is 25.5. The molecule has 1 N–H and O–H groups in total. The molecule has 0 fully saturated rings. The van der Waals surface area contributed by atoms with Crippen molar-refractivity contribution >= 4 is 7.82 Å². The molecule has 0 amide bonds. The average Bonchev–Trinajstić information content (AvgIpc) is 3.23. The maximum Gasteiger partial charge on any atom is 0.584 e. The molecule has 0 heterocycles. The zero-order valence-corrected chi connectivity index (χ0v) is 39.4. The van der Waals surface area contributed by atoms with E-state index in [2.05, 4.69) is 58.0 Å². The summed E-state index contributed by atoms with van der Waals surface area (Å²) in [4.78, 5) is 11.2. The van der Waals surface area contributed by atoms with E-state index in [1.54, 1.807) is 12.1 Å². The first-order valence-electron chi connectivity index (χ1n) is 24.9. The molecule has 0 saturated heterocycles. The highest BCUT2D eigenvalue weighted by Gasteiger charge is 2.27. The highest BCUT2D eigenvalue weighted by atomic mass is 31.2. The molecule has 3 rings (SSSR count). The molecular weight excluding hydrogens is 744 g/mol. The van der Waals surface area contributed by atoms with E-state index in [0.717, 1.165) is 56.1 Å². The highest BCUT2D eigenvalue weighted by molar-refractivity contribution is 7.48. The Morgan fingerprint density at radius 2 is 0.763 bits per heavy atom. The van der Waals surface area contributed by atoms with Crippen LogP contribution in [0.5, 0.6) is 11.5 Å². The summed E-state index contributed by atoms with van der Waals surface area (Å²) >= 11 is 0. The summed E-state index contributed by atoms with van der Waals surface area (Å²) in [6.07, 6.45) is 40.0. The van der Waals surface area contributed by atoms with E-state index in [0.29, 0.717) is 11.5 Å². The van der Waals surface area contributed by atoms with Crippen LogP contribution in [0, 0.1) is 0 Å². The van der Waals surface area contributed by atoms with Gasteiger partial charge >= 0.3 is 7.82 Å². The number of phosphoric acid groups is 1. The molecule has 0 spiro atoms. The van der Waals surface area contributed by atoms with Crippen molar-refractivity contribution in [3.63, 3.8) is 0 Å². The third-order valence-electron chi connectivity index (χ3n) is 12.1. The van der Waals surface area contributed by atoms with Gasteiger partial charge in [0.2, 0.25) is 0 Å². The number of aryl methyl sites for hydroxylation is 4. The number of unbranched alkanes of at least 4 members (excludes halogenated alkanes) is 24. The van der Waals surface area contributed by atoms with Gasteiger partial charge < -0.3 is 9.05 Å². The Hall–Kier alpha value is -2.55. The van der Waals surface area contributed by atoms with E-state index in [1.807, 2.05) is 18.2 Å². The molecule has 0 aliphatic rings. The van der Waals surface area contributed by atoms with Crippen molar-refractivity contribution in [1.29, 1.82) is 0 Å². The van der Waals surface area contributed by atoms with Crippen molar-refractivity contribution in [2.75, 3.05) is 0 Å². The Labute approximate surface area is 363 Å². The van der Waals surface area contributed by atoms with Crippen LogP contribution in [0.4, 0.5) is 0 Å². The van der Waals surface area contributed by atoms with Gasteiger partial charge in [0.25, 0.3) is 0 Å². The van der Waals surface area contributed by atoms with E-state index in [-0.39, 0.29) is 0 Å². The quantitative estimate of drug-likeness (QED) is 0.0464. The first-order valence-corrected chi connectivity index (χ1v) is 26.4. The Morgan fingerprint density at radius 3 is 1.24 bits per heavy atom. The molecule has 1 atom stereocenters. The standard InChI is InChI=1S/C54H87O4P/c1-5-9-13-17-21-25-29-33-47-37-41-51(42-38-47)57-59(55,56)58-54-44-40-49(35-31-27-23-19-15-11-7-3)46-53(54)52-43-39-48(34-30-26-22-18-14-10-6-2)45-50(52)36-32-28-24-20-16-12-8-4/h37-46H,5-36H2,1-4H3,(H,55,56). The molecule has 0 aliphatic heterocycles. The summed E-state index contributed by atoms with van der Waals surface area (Å²) in [5, 5.41) is 0. The van der Waals surface area contributed by atoms with Crippen molar-refractivity contribution in [2.45, 2.75) is 233 Å². The summed E-state index contributed by atoms with van der Waals surface area (Å²) in [5.41, 5.74) is 7.21. The second kappa shape index (κ2) is 32.2. The Balaban J connectivity index is 1.80. The Kier molecular flexibility index (Phi) is 27.7. The van der Waals surface area contributed by atoms with Crippen molar-refractivity contribution < 1.29 is 18.5 Å². The molecule has 0 aliphatic carbocycles. The molecular formula is C54H87O4P. The number of phosphoric ester groups is 1. The lowest BCUT2D eigenvalue weighted by atomic mass is 9.90. The first kappa shape index (κ1) is 50.8. The summed E-state index contributed by atoms with van der Waals surface area (Å²) in [6, 6.07) is 20.8. The van der Waals surface area contributed by atoms with Crippen LogP contribution in [0.2, 0.25) is 0 Å². The zero-order chi connectivity index (χ0) is 42.2. The lowest BCUT2D eigenvalue weighted by Gasteiger charge is -2.20. The zero-order valence-electron chi connectivity index (χ0n) is 38.5. The molecule has 5 heteroatoms. The SMILES string of the molecule is CCCCCCCCCc1ccc(OP(=O)(O)Oc2ccc(CCCCCCCCC)cc2-c2ccc(CCCCCCCCC)cc2CCCCCCCCC)cc1. The molecule has 59 heavy (non-hydrogen) atoms. The smallest absolute Gasteiger partial charge is 0.395 e. The number of benzene rings is 3. The van der Waals surface area contributed by atoms with Gasteiger partial charge in [0, 0.05) is 5.56 Å². The number of rotatable bonds is 37. The van der Waals surface area contributed by atoms with E-state index >= 15 is 0 Å². The molecule has 0 radical (unpaired) electrons. The van der Waals surface area contributed by atoms with Crippen LogP contribution in [0.3, 0.4) is 0 Å². The van der Waals surface area contributed by atoms with Crippen LogP contribution in [0.25, 0.3) is 11.1 Å². The summed E-state index contributed by atoms with van der Waals surface area (Å²) in [5.74, 6) is 0.765. The minimum Gasteiger partial charge on any atom is -0.395 e. The maximum absolute atomic E-state index is 13.7. The Bertz CT molecular complexity index is 1530. The van der Waals surface area contributed by atoms with Gasteiger partial charge in [-0.3, -0.25) is 4.89 Å². The maximum atomic E-state index is 13.7. The van der Waals surface area contributed by atoms with Gasteiger partial charge in [-0.25, -0.2) is 4.57 Å². The fourth-order valence-corrected chi connectivity index (χ4v) is 9.25. The van der Waals surface area contributed by atoms with E-state index in [4.69, 9.17) is 9.05 Å². The van der Waals surface area contributed by atoms with E-state index < -0.39 is 7.82 Å². The first-order chi connectivity index (χ1) is 28.9. The molecule has 0 aromatic heterocycles. The van der Waals surface area contributed by atoms with Crippen molar-refractivity contribution in [1.82, 2.24) is 0 Å². The van der Waals surface area contributed by atoms with Gasteiger partial charge in [0.1, 0.15) is 11.5 Å². The third kappa shape index (κ3) is 22.7. The van der Waals surface area contributed by atoms with Crippen LogP contribution < -0.4 is 9.05 Å². The second-order valence-corrected chi connectivity index (χ2v) is 18.9. The highest BCUT2D eigenvalue weighted by Crippen LogP contribution is 2.48. The summed E-state index contributed by atoms with van der Waals surface area (Å²) in [7, 11) is -4.49. The average molecular weight is 831 g/mol. The third-order valence-corrected chi connectivity index (χ3v) is 13.0. The van der Waals surface area contributed by atoms with Crippen LogP contribution in [0.1, 0.15) is 230 Å². The van der Waals surface area contributed by atoms with Crippen LogP contribution >= 0.6 is 7.82 Å². The molecule has 332 valence electrons. The van der Waals surface area contributed by atoms with Gasteiger partial charge in [-0.15, -0.1) is 0 Å². The second-order valence-electron chi connectivity index (χ2n) is 17.6. The van der Waals surface area contributed by atoms with Crippen LogP contribution in [0.15, 0.2) is 60.7 Å². The van der Waals surface area contributed by atoms with Gasteiger partial charge in [-0.1, -0.05) is 218 Å². The van der Waals surface area contributed by atoms with Gasteiger partial charge in [-0.2, -0.15) is 0 Å². The lowest BCUT2D eigenvalue weighted by Crippen LogP contribution is -2.03. The van der Waals surface area contributed by atoms with Gasteiger partial charge in [0.15, 0.2) is 0 Å². The topological polar surface area (TPSA) is 55.8 Å². The van der Waals surface area contributed by atoms with Crippen LogP contribution in [-0.2, 0) is 30.2 Å². The minimum atomic E-state index is -4.49. The molecule has 0 saturated carbocycles. The van der Waals surface area contributed by atoms with Crippen molar-refractivity contribution in [3.8, 4) is 22.6 Å². The largest absolute Gasteiger partial charge is 0.584 e. The fourth-order valence-electron chi connectivity index (χ4n) is 8.42. The molecule has 3 aromatic rings. The fraction of sp³-hybridized carbons (Fsp3) is 0.667. The molecule has 3 aromatic carbocycles. The Morgan fingerprint density at radius 1 is 0.390 bits per heavy atom. The molecule has 1 unspecified atom stereocenters. The van der Waals surface area contributed by atoms with Gasteiger partial charge in [-0.05, 0) is 103 Å².